The highest BCUT2D eigenvalue weighted by Gasteiger charge is 2.27. The molecule has 1 saturated carbocycles. The van der Waals surface area contributed by atoms with Crippen LogP contribution in [0.15, 0.2) is 18.2 Å². The lowest BCUT2D eigenvalue weighted by molar-refractivity contribution is 0.0909. The highest BCUT2D eigenvalue weighted by molar-refractivity contribution is 7.22. The molecule has 3 rings (SSSR count). The van der Waals surface area contributed by atoms with Gasteiger partial charge in [0.2, 0.25) is 0 Å². The Balaban J connectivity index is 1.69. The van der Waals surface area contributed by atoms with Crippen LogP contribution in [-0.2, 0) is 0 Å². The fourth-order valence-electron chi connectivity index (χ4n) is 2.90. The second-order valence-corrected chi connectivity index (χ2v) is 7.71. The molecule has 0 spiro atoms. The first kappa shape index (κ1) is 14.3. The molecule has 1 aliphatic carbocycles. The Morgan fingerprint density at radius 2 is 2.10 bits per heavy atom. The van der Waals surface area contributed by atoms with Crippen molar-refractivity contribution >= 4 is 32.6 Å². The number of carbonyl (C=O) groups excluding carboxylic acids is 1. The summed E-state index contributed by atoms with van der Waals surface area (Å²) in [4.78, 5) is 16.6. The summed E-state index contributed by atoms with van der Waals surface area (Å²) in [6.45, 7) is 4.60. The van der Waals surface area contributed by atoms with Crippen molar-refractivity contribution in [1.29, 1.82) is 0 Å². The van der Waals surface area contributed by atoms with E-state index in [4.69, 9.17) is 5.73 Å². The summed E-state index contributed by atoms with van der Waals surface area (Å²) in [5.74, 6) is 0.00794. The number of nitrogens with one attached hydrogen (secondary N) is 1. The molecular formula is C16H21N3OS. The minimum absolute atomic E-state index is 0.00794. The molecule has 1 aromatic carbocycles. The van der Waals surface area contributed by atoms with Crippen molar-refractivity contribution in [3.8, 4) is 0 Å². The summed E-state index contributed by atoms with van der Waals surface area (Å²) >= 11 is 1.42. The van der Waals surface area contributed by atoms with E-state index in [9.17, 15) is 4.79 Å². The van der Waals surface area contributed by atoms with Crippen molar-refractivity contribution in [2.24, 2.45) is 5.41 Å². The number of hydrogen-bond donors (Lipinski definition) is 2. The third-order valence-corrected chi connectivity index (χ3v) is 5.19. The van der Waals surface area contributed by atoms with Crippen LogP contribution in [0.3, 0.4) is 0 Å². The lowest BCUT2D eigenvalue weighted by atomic mass is 9.75. The van der Waals surface area contributed by atoms with E-state index in [1.165, 1.54) is 24.2 Å². The molecule has 1 fully saturated rings. The average Bonchev–Trinajstić information content (AvgIpc) is 2.80. The summed E-state index contributed by atoms with van der Waals surface area (Å²) < 4.78 is 0.963. The van der Waals surface area contributed by atoms with Crippen LogP contribution in [0.4, 0.5) is 5.13 Å². The number of nitrogen functional groups attached to an aromatic ring is 1. The maximum atomic E-state index is 12.4. The minimum atomic E-state index is 0.00794. The maximum absolute atomic E-state index is 12.4. The van der Waals surface area contributed by atoms with Crippen LogP contribution in [-0.4, -0.2) is 16.9 Å². The molecule has 0 unspecified atom stereocenters. The lowest BCUT2D eigenvalue weighted by Crippen LogP contribution is -2.39. The molecule has 0 aliphatic heterocycles. The number of thiazole rings is 1. The summed E-state index contributed by atoms with van der Waals surface area (Å²) in [6, 6.07) is 5.86. The molecule has 21 heavy (non-hydrogen) atoms. The van der Waals surface area contributed by atoms with Crippen molar-refractivity contribution in [3.63, 3.8) is 0 Å². The van der Waals surface area contributed by atoms with E-state index in [0.29, 0.717) is 22.2 Å². The number of fused-ring (bicyclic) bond motifs is 1. The quantitative estimate of drug-likeness (QED) is 0.891. The van der Waals surface area contributed by atoms with E-state index in [1.807, 2.05) is 18.2 Å². The smallest absolute Gasteiger partial charge is 0.251 e. The van der Waals surface area contributed by atoms with Crippen LogP contribution in [0.5, 0.6) is 0 Å². The van der Waals surface area contributed by atoms with Crippen molar-refractivity contribution < 1.29 is 4.79 Å². The predicted octanol–water partition coefficient (Wildman–Crippen LogP) is 3.58. The van der Waals surface area contributed by atoms with Gasteiger partial charge < -0.3 is 11.1 Å². The molecule has 0 saturated heterocycles. The number of amides is 1. The average molecular weight is 303 g/mol. The molecule has 1 aliphatic rings. The van der Waals surface area contributed by atoms with Crippen LogP contribution in [0.2, 0.25) is 0 Å². The summed E-state index contributed by atoms with van der Waals surface area (Å²) in [6.07, 6.45) is 4.47. The standard InChI is InChI=1S/C16H21N3OS/c1-16(2)7-5-11(6-8-16)18-14(20)10-3-4-12-13(9-10)21-15(17)19-12/h3-4,9,11H,5-8H2,1-2H3,(H2,17,19)(H,18,20). The number of nitrogens with two attached hydrogens (primary N) is 1. The maximum Gasteiger partial charge on any atom is 0.251 e. The molecule has 5 heteroatoms. The first-order chi connectivity index (χ1) is 9.93. The summed E-state index contributed by atoms with van der Waals surface area (Å²) in [5.41, 5.74) is 7.66. The van der Waals surface area contributed by atoms with Crippen molar-refractivity contribution in [1.82, 2.24) is 10.3 Å². The van der Waals surface area contributed by atoms with Gasteiger partial charge in [-0.25, -0.2) is 4.98 Å². The van der Waals surface area contributed by atoms with Gasteiger partial charge in [-0.1, -0.05) is 25.2 Å². The number of benzene rings is 1. The Bertz CT molecular complexity index is 667. The van der Waals surface area contributed by atoms with Crippen LogP contribution in [0.1, 0.15) is 49.9 Å². The van der Waals surface area contributed by atoms with Crippen LogP contribution in [0, 0.1) is 5.41 Å². The monoisotopic (exact) mass is 303 g/mol. The molecule has 0 bridgehead atoms. The van der Waals surface area contributed by atoms with Gasteiger partial charge in [-0.3, -0.25) is 4.79 Å². The fraction of sp³-hybridized carbons (Fsp3) is 0.500. The molecule has 1 amide bonds. The summed E-state index contributed by atoms with van der Waals surface area (Å²) in [5, 5.41) is 3.70. The van der Waals surface area contributed by atoms with Crippen LogP contribution in [0.25, 0.3) is 10.2 Å². The van der Waals surface area contributed by atoms with E-state index in [0.717, 1.165) is 23.1 Å². The first-order valence-corrected chi connectivity index (χ1v) is 8.22. The molecule has 2 aromatic rings. The molecule has 112 valence electrons. The zero-order chi connectivity index (χ0) is 15.0. The Morgan fingerprint density at radius 3 is 2.81 bits per heavy atom. The second kappa shape index (κ2) is 5.30. The SMILES string of the molecule is CC1(C)CCC(NC(=O)c2ccc3nc(N)sc3c2)CC1. The van der Waals surface area contributed by atoms with Gasteiger partial charge in [0.25, 0.3) is 5.91 Å². The van der Waals surface area contributed by atoms with E-state index < -0.39 is 0 Å². The number of rotatable bonds is 2. The highest BCUT2D eigenvalue weighted by atomic mass is 32.1. The molecule has 1 aromatic heterocycles. The van der Waals surface area contributed by atoms with Crippen molar-refractivity contribution in [3.05, 3.63) is 23.8 Å². The molecule has 3 N–H and O–H groups in total. The minimum Gasteiger partial charge on any atom is -0.375 e. The van der Waals surface area contributed by atoms with Gasteiger partial charge in [0.1, 0.15) is 0 Å². The Kier molecular flexibility index (Phi) is 3.61. The van der Waals surface area contributed by atoms with Gasteiger partial charge in [-0.2, -0.15) is 0 Å². The highest BCUT2D eigenvalue weighted by Crippen LogP contribution is 2.35. The molecule has 0 atom stereocenters. The second-order valence-electron chi connectivity index (χ2n) is 6.65. The molecule has 1 heterocycles. The van der Waals surface area contributed by atoms with Gasteiger partial charge in [0, 0.05) is 11.6 Å². The summed E-state index contributed by atoms with van der Waals surface area (Å²) in [7, 11) is 0. The van der Waals surface area contributed by atoms with E-state index in [1.54, 1.807) is 0 Å². The van der Waals surface area contributed by atoms with Crippen LogP contribution < -0.4 is 11.1 Å². The van der Waals surface area contributed by atoms with Crippen molar-refractivity contribution in [2.45, 2.75) is 45.6 Å². The molecular weight excluding hydrogens is 282 g/mol. The van der Waals surface area contributed by atoms with Gasteiger partial charge in [0.05, 0.1) is 10.2 Å². The molecule has 0 radical (unpaired) electrons. The van der Waals surface area contributed by atoms with Gasteiger partial charge >= 0.3 is 0 Å². The van der Waals surface area contributed by atoms with Gasteiger partial charge in [-0.15, -0.1) is 0 Å². The normalized spacial score (nSPS) is 18.8. The Hall–Kier alpha value is -1.62. The van der Waals surface area contributed by atoms with Crippen molar-refractivity contribution in [2.75, 3.05) is 5.73 Å². The zero-order valence-electron chi connectivity index (χ0n) is 12.5. The Morgan fingerprint density at radius 1 is 1.38 bits per heavy atom. The van der Waals surface area contributed by atoms with Gasteiger partial charge in [-0.05, 0) is 49.3 Å². The van der Waals surface area contributed by atoms with Gasteiger partial charge in [0.15, 0.2) is 5.13 Å². The lowest BCUT2D eigenvalue weighted by Gasteiger charge is -2.34. The number of aromatic nitrogens is 1. The number of carbonyl (C=O) groups is 1. The first-order valence-electron chi connectivity index (χ1n) is 7.40. The zero-order valence-corrected chi connectivity index (χ0v) is 13.3. The fourth-order valence-corrected chi connectivity index (χ4v) is 3.67. The third kappa shape index (κ3) is 3.18. The Labute approximate surface area is 128 Å². The molecule has 4 nitrogen and oxygen atoms in total. The number of hydrogen-bond acceptors (Lipinski definition) is 4. The third-order valence-electron chi connectivity index (χ3n) is 4.34. The van der Waals surface area contributed by atoms with E-state index in [2.05, 4.69) is 24.1 Å². The number of nitrogens with zero attached hydrogens (tertiary/aromatic N) is 1. The topological polar surface area (TPSA) is 68.0 Å². The number of anilines is 1. The van der Waals surface area contributed by atoms with Crippen LogP contribution >= 0.6 is 11.3 Å². The largest absolute Gasteiger partial charge is 0.375 e. The van der Waals surface area contributed by atoms with E-state index >= 15 is 0 Å². The van der Waals surface area contributed by atoms with E-state index in [-0.39, 0.29) is 5.91 Å². The predicted molar refractivity (Wildman–Crippen MR) is 87.5 cm³/mol.